The molecule has 0 aliphatic carbocycles. The molecule has 20 heavy (non-hydrogen) atoms. The zero-order chi connectivity index (χ0) is 14.5. The summed E-state index contributed by atoms with van der Waals surface area (Å²) in [6.45, 7) is 2.52. The topological polar surface area (TPSA) is 111 Å². The van der Waals surface area contributed by atoms with E-state index in [1.54, 1.807) is 6.07 Å². The molecule has 0 saturated heterocycles. The molecular weight excluding hydrogens is 260 g/mol. The van der Waals surface area contributed by atoms with Crippen LogP contribution < -0.4 is 10.5 Å². The van der Waals surface area contributed by atoms with E-state index in [4.69, 9.17) is 15.6 Å². The number of nitrogens with zero attached hydrogens (tertiary/aromatic N) is 3. The molecule has 0 atom stereocenters. The van der Waals surface area contributed by atoms with Crippen molar-refractivity contribution in [3.05, 3.63) is 30.2 Å². The van der Waals surface area contributed by atoms with Gasteiger partial charge in [-0.15, -0.1) is 0 Å². The third kappa shape index (κ3) is 3.00. The fourth-order valence-corrected chi connectivity index (χ4v) is 1.53. The van der Waals surface area contributed by atoms with Crippen LogP contribution in [0.15, 0.2) is 24.5 Å². The number of nitrogens with two attached hydrogens (primary N) is 1. The zero-order valence-corrected chi connectivity index (χ0v) is 10.9. The average molecular weight is 274 g/mol. The molecule has 0 bridgehead atoms. The van der Waals surface area contributed by atoms with E-state index < -0.39 is 5.97 Å². The smallest absolute Gasteiger partial charge is 0.356 e. The quantitative estimate of drug-likeness (QED) is 0.851. The maximum atomic E-state index is 11.0. The second-order valence-corrected chi connectivity index (χ2v) is 4.03. The average Bonchev–Trinajstić information content (AvgIpc) is 2.45. The summed E-state index contributed by atoms with van der Waals surface area (Å²) in [5, 5.41) is 9.00. The van der Waals surface area contributed by atoms with E-state index >= 15 is 0 Å². The van der Waals surface area contributed by atoms with Crippen LogP contribution in [0, 0.1) is 0 Å². The van der Waals surface area contributed by atoms with Crippen molar-refractivity contribution >= 4 is 11.7 Å². The minimum absolute atomic E-state index is 0.104. The summed E-state index contributed by atoms with van der Waals surface area (Å²) in [5.74, 6) is -0.810. The van der Waals surface area contributed by atoms with Crippen molar-refractivity contribution in [2.45, 2.75) is 13.3 Å². The van der Waals surface area contributed by atoms with Crippen molar-refractivity contribution in [3.63, 3.8) is 0 Å². The van der Waals surface area contributed by atoms with Gasteiger partial charge in [-0.1, -0.05) is 6.92 Å². The molecule has 0 unspecified atom stereocenters. The van der Waals surface area contributed by atoms with Crippen LogP contribution in [-0.2, 0) is 0 Å². The molecule has 0 aromatic carbocycles. The highest BCUT2D eigenvalue weighted by Crippen LogP contribution is 2.19. The highest BCUT2D eigenvalue weighted by molar-refractivity contribution is 5.91. The SMILES string of the molecule is CCCOc1cncc(-c2ccc(N)c(C(=O)O)n2)n1. The Morgan fingerprint density at radius 2 is 2.10 bits per heavy atom. The van der Waals surface area contributed by atoms with Crippen molar-refractivity contribution in [2.75, 3.05) is 12.3 Å². The number of nitrogen functional groups attached to an aromatic ring is 1. The lowest BCUT2D eigenvalue weighted by Gasteiger charge is -2.06. The number of anilines is 1. The number of aromatic carboxylic acids is 1. The first-order valence-corrected chi connectivity index (χ1v) is 6.07. The van der Waals surface area contributed by atoms with Crippen LogP contribution in [0.1, 0.15) is 23.8 Å². The Morgan fingerprint density at radius 3 is 2.80 bits per heavy atom. The summed E-state index contributed by atoms with van der Waals surface area (Å²) in [6.07, 6.45) is 3.84. The van der Waals surface area contributed by atoms with E-state index in [0.717, 1.165) is 6.42 Å². The number of ether oxygens (including phenoxy) is 1. The van der Waals surface area contributed by atoms with Crippen LogP contribution in [-0.4, -0.2) is 32.6 Å². The first-order valence-electron chi connectivity index (χ1n) is 6.07. The number of carbonyl (C=O) groups is 1. The van der Waals surface area contributed by atoms with E-state index in [9.17, 15) is 4.79 Å². The first kappa shape index (κ1) is 13.7. The van der Waals surface area contributed by atoms with E-state index in [1.807, 2.05) is 6.92 Å². The van der Waals surface area contributed by atoms with Crippen molar-refractivity contribution < 1.29 is 14.6 Å². The maximum absolute atomic E-state index is 11.0. The largest absolute Gasteiger partial charge is 0.477 e. The minimum atomic E-state index is -1.18. The van der Waals surface area contributed by atoms with Gasteiger partial charge >= 0.3 is 5.97 Å². The molecule has 0 aliphatic rings. The van der Waals surface area contributed by atoms with Gasteiger partial charge in [0.25, 0.3) is 0 Å². The van der Waals surface area contributed by atoms with Crippen molar-refractivity contribution in [2.24, 2.45) is 0 Å². The number of hydrogen-bond acceptors (Lipinski definition) is 6. The predicted octanol–water partition coefficient (Wildman–Crippen LogP) is 1.61. The Kier molecular flexibility index (Phi) is 4.09. The Labute approximate surface area is 115 Å². The molecule has 7 nitrogen and oxygen atoms in total. The van der Waals surface area contributed by atoms with Crippen molar-refractivity contribution in [1.29, 1.82) is 0 Å². The lowest BCUT2D eigenvalue weighted by Crippen LogP contribution is -2.07. The van der Waals surface area contributed by atoms with Crippen LogP contribution in [0.5, 0.6) is 5.88 Å². The molecule has 0 fully saturated rings. The number of pyridine rings is 1. The molecule has 0 spiro atoms. The molecule has 0 aliphatic heterocycles. The van der Waals surface area contributed by atoms with Crippen LogP contribution in [0.2, 0.25) is 0 Å². The standard InChI is InChI=1S/C13H14N4O3/c1-2-5-20-11-7-15-6-10(16-11)9-4-3-8(14)12(17-9)13(18)19/h3-4,6-7H,2,5,14H2,1H3,(H,18,19). The Morgan fingerprint density at radius 1 is 1.30 bits per heavy atom. The van der Waals surface area contributed by atoms with E-state index in [2.05, 4.69) is 15.0 Å². The highest BCUT2D eigenvalue weighted by atomic mass is 16.5. The highest BCUT2D eigenvalue weighted by Gasteiger charge is 2.13. The molecule has 0 amide bonds. The summed E-state index contributed by atoms with van der Waals surface area (Å²) in [5.41, 5.74) is 6.27. The molecule has 2 aromatic heterocycles. The van der Waals surface area contributed by atoms with Gasteiger partial charge < -0.3 is 15.6 Å². The maximum Gasteiger partial charge on any atom is 0.356 e. The third-order valence-corrected chi connectivity index (χ3v) is 2.46. The third-order valence-electron chi connectivity index (χ3n) is 2.46. The number of carboxylic acids is 1. The summed E-state index contributed by atoms with van der Waals surface area (Å²) >= 11 is 0. The van der Waals surface area contributed by atoms with Gasteiger partial charge in [-0.3, -0.25) is 4.98 Å². The van der Waals surface area contributed by atoms with Crippen molar-refractivity contribution in [3.8, 4) is 17.3 Å². The Balaban J connectivity index is 2.36. The first-order chi connectivity index (χ1) is 9.61. The number of hydrogen-bond donors (Lipinski definition) is 2. The summed E-state index contributed by atoms with van der Waals surface area (Å²) in [6, 6.07) is 3.07. The second kappa shape index (κ2) is 5.96. The van der Waals surface area contributed by atoms with Gasteiger partial charge in [0.15, 0.2) is 5.69 Å². The summed E-state index contributed by atoms with van der Waals surface area (Å²) in [7, 11) is 0. The molecule has 3 N–H and O–H groups in total. The number of carboxylic acid groups (broad SMARTS) is 1. The normalized spacial score (nSPS) is 10.2. The van der Waals surface area contributed by atoms with Gasteiger partial charge in [0, 0.05) is 0 Å². The van der Waals surface area contributed by atoms with E-state index in [0.29, 0.717) is 23.9 Å². The Bertz CT molecular complexity index is 631. The second-order valence-electron chi connectivity index (χ2n) is 4.03. The predicted molar refractivity (Wildman–Crippen MR) is 72.4 cm³/mol. The van der Waals surface area contributed by atoms with Crippen LogP contribution in [0.3, 0.4) is 0 Å². The molecule has 2 heterocycles. The van der Waals surface area contributed by atoms with Crippen LogP contribution in [0.4, 0.5) is 5.69 Å². The van der Waals surface area contributed by atoms with Crippen LogP contribution >= 0.6 is 0 Å². The number of aromatic nitrogens is 3. The lowest BCUT2D eigenvalue weighted by atomic mass is 10.2. The molecule has 2 aromatic rings. The monoisotopic (exact) mass is 274 g/mol. The van der Waals surface area contributed by atoms with Gasteiger partial charge in [0.05, 0.1) is 30.4 Å². The fourth-order valence-electron chi connectivity index (χ4n) is 1.53. The van der Waals surface area contributed by atoms with Gasteiger partial charge in [-0.2, -0.15) is 0 Å². The summed E-state index contributed by atoms with van der Waals surface area (Å²) < 4.78 is 5.38. The van der Waals surface area contributed by atoms with Gasteiger partial charge in [0.1, 0.15) is 5.69 Å². The van der Waals surface area contributed by atoms with E-state index in [1.165, 1.54) is 18.5 Å². The molecule has 0 saturated carbocycles. The van der Waals surface area contributed by atoms with Gasteiger partial charge in [0.2, 0.25) is 5.88 Å². The Hall–Kier alpha value is -2.70. The lowest BCUT2D eigenvalue weighted by molar-refractivity contribution is 0.0692. The minimum Gasteiger partial charge on any atom is -0.477 e. The zero-order valence-electron chi connectivity index (χ0n) is 10.9. The van der Waals surface area contributed by atoms with Gasteiger partial charge in [-0.25, -0.2) is 14.8 Å². The number of rotatable bonds is 5. The van der Waals surface area contributed by atoms with Gasteiger partial charge in [-0.05, 0) is 18.6 Å². The van der Waals surface area contributed by atoms with Crippen LogP contribution in [0.25, 0.3) is 11.4 Å². The summed E-state index contributed by atoms with van der Waals surface area (Å²) in [4.78, 5) is 23.2. The molecule has 7 heteroatoms. The van der Waals surface area contributed by atoms with Crippen molar-refractivity contribution in [1.82, 2.24) is 15.0 Å². The molecule has 0 radical (unpaired) electrons. The molecule has 2 rings (SSSR count). The molecule has 104 valence electrons. The fraction of sp³-hybridized carbons (Fsp3) is 0.231. The molecular formula is C13H14N4O3. The van der Waals surface area contributed by atoms with E-state index in [-0.39, 0.29) is 11.4 Å².